The van der Waals surface area contributed by atoms with E-state index >= 15 is 0 Å². The van der Waals surface area contributed by atoms with Crippen LogP contribution in [0.5, 0.6) is 0 Å². The minimum Gasteiger partial charge on any atom is -0.352 e. The van der Waals surface area contributed by atoms with Crippen LogP contribution >= 0.6 is 0 Å². The van der Waals surface area contributed by atoms with Gasteiger partial charge in [-0.25, -0.2) is 4.98 Å². The summed E-state index contributed by atoms with van der Waals surface area (Å²) >= 11 is 0. The first kappa shape index (κ1) is 17.2. The third-order valence-electron chi connectivity index (χ3n) is 4.33. The number of carbonyl (C=O) groups excluding carboxylic acids is 1. The molecule has 0 bridgehead atoms. The second-order valence-electron chi connectivity index (χ2n) is 6.72. The van der Waals surface area contributed by atoms with E-state index in [4.69, 9.17) is 4.98 Å². The van der Waals surface area contributed by atoms with Crippen LogP contribution in [-0.2, 0) is 13.0 Å². The molecule has 3 aromatic rings. The lowest BCUT2D eigenvalue weighted by Crippen LogP contribution is -2.26. The molecule has 0 saturated heterocycles. The predicted molar refractivity (Wildman–Crippen MR) is 102 cm³/mol. The third-order valence-corrected chi connectivity index (χ3v) is 4.33. The van der Waals surface area contributed by atoms with Crippen molar-refractivity contribution in [3.05, 3.63) is 66.0 Å². The highest BCUT2D eigenvalue weighted by Gasteiger charge is 2.11. The third kappa shape index (κ3) is 4.27. The van der Waals surface area contributed by atoms with E-state index in [0.717, 1.165) is 30.7 Å². The maximum atomic E-state index is 12.2. The van der Waals surface area contributed by atoms with Crippen LogP contribution < -0.4 is 5.32 Å². The van der Waals surface area contributed by atoms with E-state index < -0.39 is 0 Å². The van der Waals surface area contributed by atoms with Crippen LogP contribution in [0.15, 0.2) is 54.6 Å². The van der Waals surface area contributed by atoms with Crippen molar-refractivity contribution in [1.82, 2.24) is 14.9 Å². The number of aromatic nitrogens is 2. The molecule has 3 rings (SSSR count). The molecule has 1 aromatic heterocycles. The fourth-order valence-electron chi connectivity index (χ4n) is 2.93. The molecule has 0 fully saturated rings. The zero-order chi connectivity index (χ0) is 17.6. The van der Waals surface area contributed by atoms with Crippen molar-refractivity contribution in [2.24, 2.45) is 5.92 Å². The average Bonchev–Trinajstić information content (AvgIpc) is 2.98. The van der Waals surface area contributed by atoms with Gasteiger partial charge in [-0.15, -0.1) is 0 Å². The van der Waals surface area contributed by atoms with Crippen LogP contribution in [0.2, 0.25) is 0 Å². The van der Waals surface area contributed by atoms with E-state index in [-0.39, 0.29) is 5.91 Å². The second-order valence-corrected chi connectivity index (χ2v) is 6.72. The maximum Gasteiger partial charge on any atom is 0.251 e. The molecule has 2 aromatic carbocycles. The monoisotopic (exact) mass is 335 g/mol. The maximum absolute atomic E-state index is 12.2. The van der Waals surface area contributed by atoms with E-state index in [2.05, 4.69) is 35.9 Å². The van der Waals surface area contributed by atoms with Gasteiger partial charge in [0.15, 0.2) is 0 Å². The predicted octanol–water partition coefficient (Wildman–Crippen LogP) is 4.05. The number of amides is 1. The van der Waals surface area contributed by atoms with Crippen LogP contribution in [0.1, 0.15) is 36.5 Å². The number of benzene rings is 2. The highest BCUT2D eigenvalue weighted by Crippen LogP contribution is 2.18. The first-order valence-electron chi connectivity index (χ1n) is 8.92. The summed E-state index contributed by atoms with van der Waals surface area (Å²) in [6.45, 7) is 6.01. The smallest absolute Gasteiger partial charge is 0.251 e. The summed E-state index contributed by atoms with van der Waals surface area (Å²) in [5, 5.41) is 2.99. The molecule has 25 heavy (non-hydrogen) atoms. The van der Waals surface area contributed by atoms with E-state index in [1.807, 2.05) is 42.5 Å². The summed E-state index contributed by atoms with van der Waals surface area (Å²) in [5.74, 6) is 1.65. The molecule has 0 spiro atoms. The Balaban J connectivity index is 1.70. The fraction of sp³-hybridized carbons (Fsp3) is 0.333. The minimum absolute atomic E-state index is 0.0366. The Morgan fingerprint density at radius 3 is 2.56 bits per heavy atom. The first-order valence-corrected chi connectivity index (χ1v) is 8.92. The molecule has 0 aliphatic heterocycles. The molecule has 0 unspecified atom stereocenters. The van der Waals surface area contributed by atoms with Gasteiger partial charge in [-0.2, -0.15) is 0 Å². The van der Waals surface area contributed by atoms with Gasteiger partial charge >= 0.3 is 0 Å². The zero-order valence-electron chi connectivity index (χ0n) is 14.9. The molecule has 0 atom stereocenters. The molecular weight excluding hydrogens is 310 g/mol. The van der Waals surface area contributed by atoms with Gasteiger partial charge in [0, 0.05) is 25.1 Å². The number of nitrogens with one attached hydrogen (secondary N) is 1. The Hall–Kier alpha value is -2.62. The van der Waals surface area contributed by atoms with Crippen molar-refractivity contribution in [3.63, 3.8) is 0 Å². The minimum atomic E-state index is -0.0366. The lowest BCUT2D eigenvalue weighted by atomic mass is 10.1. The SMILES string of the molecule is CC(C)CCn1c(CCNC(=O)c2ccccc2)nc2ccccc21. The Labute approximate surface area is 148 Å². The van der Waals surface area contributed by atoms with E-state index in [1.165, 1.54) is 5.52 Å². The van der Waals surface area contributed by atoms with Gasteiger partial charge in [-0.1, -0.05) is 44.2 Å². The number of fused-ring (bicyclic) bond motifs is 1. The van der Waals surface area contributed by atoms with Gasteiger partial charge in [-0.05, 0) is 36.6 Å². The van der Waals surface area contributed by atoms with E-state index in [9.17, 15) is 4.79 Å². The van der Waals surface area contributed by atoms with Gasteiger partial charge in [-0.3, -0.25) is 4.79 Å². The fourth-order valence-corrected chi connectivity index (χ4v) is 2.93. The lowest BCUT2D eigenvalue weighted by molar-refractivity contribution is 0.0954. The van der Waals surface area contributed by atoms with Gasteiger partial charge in [0.25, 0.3) is 5.91 Å². The lowest BCUT2D eigenvalue weighted by Gasteiger charge is -2.11. The number of hydrogen-bond acceptors (Lipinski definition) is 2. The topological polar surface area (TPSA) is 46.9 Å². The Morgan fingerprint density at radius 1 is 1.08 bits per heavy atom. The van der Waals surface area contributed by atoms with Crippen LogP contribution in [0.25, 0.3) is 11.0 Å². The van der Waals surface area contributed by atoms with Gasteiger partial charge in [0.2, 0.25) is 0 Å². The first-order chi connectivity index (χ1) is 12.1. The number of aryl methyl sites for hydroxylation is 1. The molecule has 0 aliphatic rings. The Kier molecular flexibility index (Phi) is 5.49. The number of hydrogen-bond donors (Lipinski definition) is 1. The van der Waals surface area contributed by atoms with Gasteiger partial charge < -0.3 is 9.88 Å². The quantitative estimate of drug-likeness (QED) is 0.708. The standard InChI is InChI=1S/C21H25N3O/c1-16(2)13-15-24-19-11-7-6-10-18(19)23-20(24)12-14-22-21(25)17-8-4-3-5-9-17/h3-11,16H,12-15H2,1-2H3,(H,22,25). The van der Waals surface area contributed by atoms with Crippen LogP contribution in [0.4, 0.5) is 0 Å². The molecule has 4 nitrogen and oxygen atoms in total. The Bertz CT molecular complexity index is 837. The van der Waals surface area contributed by atoms with Gasteiger partial charge in [0.05, 0.1) is 11.0 Å². The van der Waals surface area contributed by atoms with Crippen molar-refractivity contribution in [2.45, 2.75) is 33.2 Å². The highest BCUT2D eigenvalue weighted by molar-refractivity contribution is 5.94. The van der Waals surface area contributed by atoms with Crippen molar-refractivity contribution in [1.29, 1.82) is 0 Å². The largest absolute Gasteiger partial charge is 0.352 e. The number of rotatable bonds is 7. The summed E-state index contributed by atoms with van der Waals surface area (Å²) in [5.41, 5.74) is 2.89. The molecule has 0 radical (unpaired) electrons. The van der Waals surface area contributed by atoms with E-state index in [0.29, 0.717) is 18.0 Å². The van der Waals surface area contributed by atoms with E-state index in [1.54, 1.807) is 0 Å². The molecular formula is C21H25N3O. The van der Waals surface area contributed by atoms with Gasteiger partial charge in [0.1, 0.15) is 5.82 Å². The molecule has 130 valence electrons. The zero-order valence-corrected chi connectivity index (χ0v) is 14.9. The number of nitrogens with zero attached hydrogens (tertiary/aromatic N) is 2. The summed E-state index contributed by atoms with van der Waals surface area (Å²) < 4.78 is 2.30. The molecule has 4 heteroatoms. The molecule has 0 saturated carbocycles. The number of para-hydroxylation sites is 2. The highest BCUT2D eigenvalue weighted by atomic mass is 16.1. The van der Waals surface area contributed by atoms with Crippen LogP contribution in [0, 0.1) is 5.92 Å². The molecule has 0 aliphatic carbocycles. The summed E-state index contributed by atoms with van der Waals surface area (Å²) in [6, 6.07) is 17.6. The van der Waals surface area contributed by atoms with Crippen molar-refractivity contribution in [3.8, 4) is 0 Å². The van der Waals surface area contributed by atoms with Crippen molar-refractivity contribution in [2.75, 3.05) is 6.54 Å². The number of imidazole rings is 1. The number of carbonyl (C=O) groups is 1. The summed E-state index contributed by atoms with van der Waals surface area (Å²) in [7, 11) is 0. The summed E-state index contributed by atoms with van der Waals surface area (Å²) in [6.07, 6.45) is 1.84. The van der Waals surface area contributed by atoms with Crippen molar-refractivity contribution >= 4 is 16.9 Å². The second kappa shape index (κ2) is 7.97. The van der Waals surface area contributed by atoms with Crippen molar-refractivity contribution < 1.29 is 4.79 Å². The normalized spacial score (nSPS) is 11.2. The average molecular weight is 335 g/mol. The summed E-state index contributed by atoms with van der Waals surface area (Å²) in [4.78, 5) is 16.9. The van der Waals surface area contributed by atoms with Crippen LogP contribution in [-0.4, -0.2) is 22.0 Å². The van der Waals surface area contributed by atoms with Crippen LogP contribution in [0.3, 0.4) is 0 Å². The molecule has 1 amide bonds. The molecule has 1 N–H and O–H groups in total. The Morgan fingerprint density at radius 2 is 1.80 bits per heavy atom. The molecule has 1 heterocycles.